The number of nitrogens with zero attached hydrogens (tertiary/aromatic N) is 1. The molecule has 1 heterocycles. The number of benzene rings is 1. The molecule has 0 unspecified atom stereocenters. The first-order valence-corrected chi connectivity index (χ1v) is 8.40. The molecule has 0 saturated carbocycles. The lowest BCUT2D eigenvalue weighted by molar-refractivity contribution is -0.136. The number of aliphatic hydroxyl groups excluding tert-OH is 1. The van der Waals surface area contributed by atoms with Crippen molar-refractivity contribution < 1.29 is 33.7 Å². The highest BCUT2D eigenvalue weighted by molar-refractivity contribution is 6.08. The third-order valence-electron chi connectivity index (χ3n) is 3.97. The number of hydrogen-bond donors (Lipinski definition) is 3. The van der Waals surface area contributed by atoms with Gasteiger partial charge in [-0.05, 0) is 18.2 Å². The maximum Gasteiger partial charge on any atom is 0.337 e. The molecule has 10 heteroatoms. The van der Waals surface area contributed by atoms with E-state index in [9.17, 15) is 14.4 Å². The number of ether oxygens (including phenoxy) is 3. The van der Waals surface area contributed by atoms with Gasteiger partial charge in [0.25, 0.3) is 5.91 Å². The van der Waals surface area contributed by atoms with Crippen LogP contribution in [0.2, 0.25) is 0 Å². The molecule has 0 radical (unpaired) electrons. The highest BCUT2D eigenvalue weighted by Gasteiger charge is 2.34. The van der Waals surface area contributed by atoms with Crippen LogP contribution in [-0.2, 0) is 23.9 Å². The number of nitrogens with one attached hydrogen (secondary N) is 2. The largest absolute Gasteiger partial charge is 0.495 e. The predicted octanol–water partition coefficient (Wildman–Crippen LogP) is -0.0464. The highest BCUT2D eigenvalue weighted by Crippen LogP contribution is 2.30. The molecular formula is C18H23N3O7. The van der Waals surface area contributed by atoms with Crippen molar-refractivity contribution in [3.8, 4) is 5.75 Å². The topological polar surface area (TPSA) is 126 Å². The minimum absolute atomic E-state index is 0.0297. The van der Waals surface area contributed by atoms with Crippen LogP contribution in [0.15, 0.2) is 29.5 Å². The smallest absolute Gasteiger partial charge is 0.337 e. The van der Waals surface area contributed by atoms with Crippen LogP contribution in [0.5, 0.6) is 5.75 Å². The molecule has 1 aromatic carbocycles. The van der Waals surface area contributed by atoms with Gasteiger partial charge in [0, 0.05) is 19.3 Å². The summed E-state index contributed by atoms with van der Waals surface area (Å²) >= 11 is 0. The highest BCUT2D eigenvalue weighted by atomic mass is 16.5. The average molecular weight is 393 g/mol. The Balaban J connectivity index is 2.32. The molecular weight excluding hydrogens is 370 g/mol. The van der Waals surface area contributed by atoms with Crippen molar-refractivity contribution in [2.24, 2.45) is 0 Å². The minimum atomic E-state index is -0.640. The molecule has 0 saturated heterocycles. The summed E-state index contributed by atoms with van der Waals surface area (Å²) in [6.07, 6.45) is 0. The molecule has 0 bridgehead atoms. The van der Waals surface area contributed by atoms with Gasteiger partial charge in [0.1, 0.15) is 18.1 Å². The second-order valence-electron chi connectivity index (χ2n) is 5.82. The summed E-state index contributed by atoms with van der Waals surface area (Å²) < 4.78 is 14.8. The first-order chi connectivity index (χ1) is 13.4. The van der Waals surface area contributed by atoms with Gasteiger partial charge in [0.05, 0.1) is 38.6 Å². The van der Waals surface area contributed by atoms with E-state index in [2.05, 4.69) is 10.6 Å². The summed E-state index contributed by atoms with van der Waals surface area (Å²) in [5.74, 6) is -1.04. The molecule has 1 aromatic rings. The minimum Gasteiger partial charge on any atom is -0.495 e. The van der Waals surface area contributed by atoms with E-state index in [0.29, 0.717) is 17.1 Å². The van der Waals surface area contributed by atoms with Crippen molar-refractivity contribution >= 4 is 29.2 Å². The number of carbonyl (C=O) groups excluding carboxylic acids is 3. The molecule has 28 heavy (non-hydrogen) atoms. The molecule has 0 aromatic heterocycles. The first-order valence-electron chi connectivity index (χ1n) is 8.40. The third kappa shape index (κ3) is 4.78. The molecule has 0 aliphatic carbocycles. The molecule has 2 rings (SSSR count). The number of aliphatic hydroxyl groups is 1. The van der Waals surface area contributed by atoms with Crippen molar-refractivity contribution in [3.63, 3.8) is 0 Å². The van der Waals surface area contributed by atoms with Crippen LogP contribution in [0.4, 0.5) is 11.4 Å². The molecule has 152 valence electrons. The lowest BCUT2D eigenvalue weighted by Crippen LogP contribution is -2.31. The van der Waals surface area contributed by atoms with Gasteiger partial charge in [-0.1, -0.05) is 0 Å². The maximum atomic E-state index is 12.6. The van der Waals surface area contributed by atoms with Crippen molar-refractivity contribution in [2.75, 3.05) is 58.3 Å². The molecule has 3 N–H and O–H groups in total. The van der Waals surface area contributed by atoms with Gasteiger partial charge in [0.15, 0.2) is 0 Å². The Labute approximate surface area is 162 Å². The number of β-amino-alcohol motifs (C(OH)–C–C–N with tert-alkyl or cyclic N) is 1. The van der Waals surface area contributed by atoms with Gasteiger partial charge < -0.3 is 34.9 Å². The van der Waals surface area contributed by atoms with Gasteiger partial charge in [0.2, 0.25) is 5.91 Å². The number of methoxy groups -OCH3 is 3. The quantitative estimate of drug-likeness (QED) is 0.499. The van der Waals surface area contributed by atoms with E-state index in [1.807, 2.05) is 0 Å². The summed E-state index contributed by atoms with van der Waals surface area (Å²) in [6.45, 7) is -0.244. The SMILES string of the molecule is COCC(=O)Nc1cc(NC2=C(C(=O)OC)CN(CCO)C2=O)ccc1OC. The van der Waals surface area contributed by atoms with E-state index in [1.54, 1.807) is 18.2 Å². The summed E-state index contributed by atoms with van der Waals surface area (Å²) in [6, 6.07) is 4.80. The monoisotopic (exact) mass is 393 g/mol. The zero-order valence-electron chi connectivity index (χ0n) is 15.9. The number of hydrogen-bond acceptors (Lipinski definition) is 8. The van der Waals surface area contributed by atoms with Gasteiger partial charge in [-0.15, -0.1) is 0 Å². The fourth-order valence-electron chi connectivity index (χ4n) is 2.69. The zero-order chi connectivity index (χ0) is 20.7. The van der Waals surface area contributed by atoms with Crippen LogP contribution in [0, 0.1) is 0 Å². The number of anilines is 2. The van der Waals surface area contributed by atoms with Crippen LogP contribution in [0.25, 0.3) is 0 Å². The molecule has 0 fully saturated rings. The fraction of sp³-hybridized carbons (Fsp3) is 0.389. The molecule has 1 aliphatic rings. The summed E-state index contributed by atoms with van der Waals surface area (Å²) in [4.78, 5) is 37.8. The van der Waals surface area contributed by atoms with E-state index in [4.69, 9.17) is 19.3 Å². The van der Waals surface area contributed by atoms with Crippen molar-refractivity contribution in [1.29, 1.82) is 0 Å². The normalized spacial score (nSPS) is 13.6. The van der Waals surface area contributed by atoms with Gasteiger partial charge in [-0.25, -0.2) is 4.79 Å². The van der Waals surface area contributed by atoms with E-state index in [-0.39, 0.29) is 43.5 Å². The predicted molar refractivity (Wildman–Crippen MR) is 99.8 cm³/mol. The van der Waals surface area contributed by atoms with E-state index < -0.39 is 11.9 Å². The van der Waals surface area contributed by atoms with Gasteiger partial charge >= 0.3 is 5.97 Å². The molecule has 1 aliphatic heterocycles. The van der Waals surface area contributed by atoms with Crippen LogP contribution in [0.1, 0.15) is 0 Å². The maximum absolute atomic E-state index is 12.6. The Bertz CT molecular complexity index is 791. The fourth-order valence-corrected chi connectivity index (χ4v) is 2.69. The average Bonchev–Trinajstić information content (AvgIpc) is 2.98. The van der Waals surface area contributed by atoms with Crippen LogP contribution < -0.4 is 15.4 Å². The zero-order valence-corrected chi connectivity index (χ0v) is 15.9. The molecule has 10 nitrogen and oxygen atoms in total. The van der Waals surface area contributed by atoms with Crippen molar-refractivity contribution in [2.45, 2.75) is 0 Å². The molecule has 0 spiro atoms. The summed E-state index contributed by atoms with van der Waals surface area (Å²) in [5, 5.41) is 14.7. The van der Waals surface area contributed by atoms with Crippen LogP contribution in [-0.4, -0.2) is 75.4 Å². The Kier molecular flexibility index (Phi) is 7.36. The van der Waals surface area contributed by atoms with Crippen molar-refractivity contribution in [3.05, 3.63) is 29.5 Å². The van der Waals surface area contributed by atoms with Gasteiger partial charge in [-0.3, -0.25) is 9.59 Å². The number of carbonyl (C=O) groups is 3. The Morgan fingerprint density at radius 2 is 2.00 bits per heavy atom. The third-order valence-corrected chi connectivity index (χ3v) is 3.97. The number of esters is 1. The second kappa shape index (κ2) is 9.72. The van der Waals surface area contributed by atoms with E-state index in [0.717, 1.165) is 0 Å². The summed E-state index contributed by atoms with van der Waals surface area (Å²) in [5.41, 5.74) is 1.03. The van der Waals surface area contributed by atoms with Gasteiger partial charge in [-0.2, -0.15) is 0 Å². The van der Waals surface area contributed by atoms with Crippen LogP contribution >= 0.6 is 0 Å². The first kappa shape index (κ1) is 21.2. The summed E-state index contributed by atoms with van der Waals surface area (Å²) in [7, 11) is 4.09. The second-order valence-corrected chi connectivity index (χ2v) is 5.82. The number of rotatable bonds is 9. The molecule has 0 atom stereocenters. The van der Waals surface area contributed by atoms with E-state index in [1.165, 1.54) is 26.2 Å². The lowest BCUT2D eigenvalue weighted by atomic mass is 10.2. The number of amides is 2. The Morgan fingerprint density at radius 3 is 2.61 bits per heavy atom. The Hall–Kier alpha value is -3.11. The molecule has 2 amide bonds. The lowest BCUT2D eigenvalue weighted by Gasteiger charge is -2.16. The Morgan fingerprint density at radius 1 is 1.25 bits per heavy atom. The van der Waals surface area contributed by atoms with Crippen LogP contribution in [0.3, 0.4) is 0 Å². The van der Waals surface area contributed by atoms with E-state index >= 15 is 0 Å². The standard InChI is InChI=1S/C18H23N3O7/c1-26-10-15(23)20-13-8-11(4-5-14(13)27-2)19-16-12(18(25)28-3)9-21(6-7-22)17(16)24/h4-5,8,19,22H,6-7,9-10H2,1-3H3,(H,20,23). The van der Waals surface area contributed by atoms with Crippen molar-refractivity contribution in [1.82, 2.24) is 4.90 Å².